The predicted octanol–water partition coefficient (Wildman–Crippen LogP) is 4.81. The van der Waals surface area contributed by atoms with Gasteiger partial charge in [-0.3, -0.25) is 4.79 Å². The van der Waals surface area contributed by atoms with Crippen LogP contribution in [0.15, 0.2) is 53.6 Å². The molecule has 0 fully saturated rings. The van der Waals surface area contributed by atoms with E-state index in [0.717, 1.165) is 16.8 Å². The molecule has 0 unspecified atom stereocenters. The third kappa shape index (κ3) is 4.89. The molecular formula is C22H23N3O2S. The molecule has 0 saturated heterocycles. The van der Waals surface area contributed by atoms with E-state index in [-0.39, 0.29) is 11.7 Å². The Morgan fingerprint density at radius 3 is 2.50 bits per heavy atom. The van der Waals surface area contributed by atoms with Gasteiger partial charge in [0.15, 0.2) is 0 Å². The van der Waals surface area contributed by atoms with Crippen molar-refractivity contribution in [2.75, 3.05) is 18.2 Å². The number of benzene rings is 2. The second-order valence-corrected chi connectivity index (χ2v) is 7.59. The number of carbonyl (C=O) groups is 1. The molecule has 0 aliphatic heterocycles. The highest BCUT2D eigenvalue weighted by Crippen LogP contribution is 2.26. The van der Waals surface area contributed by atoms with E-state index in [0.29, 0.717) is 16.5 Å². The summed E-state index contributed by atoms with van der Waals surface area (Å²) in [6.45, 7) is 6.14. The highest BCUT2D eigenvalue weighted by Gasteiger charge is 2.10. The number of nitrogens with zero attached hydrogens (tertiary/aromatic N) is 2. The third-order valence-corrected chi connectivity index (χ3v) is 5.34. The molecule has 0 aliphatic rings. The number of hydrogen-bond acceptors (Lipinski definition) is 5. The first-order valence-corrected chi connectivity index (χ1v) is 9.93. The van der Waals surface area contributed by atoms with Crippen molar-refractivity contribution >= 4 is 23.4 Å². The molecule has 0 bridgehead atoms. The molecule has 1 N–H and O–H groups in total. The van der Waals surface area contributed by atoms with Crippen molar-refractivity contribution in [3.05, 3.63) is 65.2 Å². The maximum absolute atomic E-state index is 12.3. The van der Waals surface area contributed by atoms with Gasteiger partial charge in [-0.25, -0.2) is 0 Å². The van der Waals surface area contributed by atoms with Crippen molar-refractivity contribution in [3.8, 4) is 17.0 Å². The fraction of sp³-hybridized carbons (Fsp3) is 0.227. The number of carbonyl (C=O) groups excluding carboxylic acids is 1. The fourth-order valence-electron chi connectivity index (χ4n) is 2.70. The lowest BCUT2D eigenvalue weighted by Gasteiger charge is -2.10. The minimum atomic E-state index is -0.117. The van der Waals surface area contributed by atoms with Gasteiger partial charge in [0, 0.05) is 5.56 Å². The number of rotatable bonds is 6. The molecule has 3 aromatic rings. The first-order chi connectivity index (χ1) is 13.5. The standard InChI is InChI=1S/C22H23N3O2S/c1-14-5-9-20(27-4)19(11-14)23-21(26)13-28-22-10-8-18(24-25-22)17-7-6-15(2)16(3)12-17/h5-12H,13H2,1-4H3,(H,23,26). The molecule has 1 amide bonds. The summed E-state index contributed by atoms with van der Waals surface area (Å²) < 4.78 is 5.29. The number of amides is 1. The Balaban J connectivity index is 1.61. The summed E-state index contributed by atoms with van der Waals surface area (Å²) in [6.07, 6.45) is 0. The number of hydrogen-bond donors (Lipinski definition) is 1. The van der Waals surface area contributed by atoms with Crippen molar-refractivity contribution in [2.45, 2.75) is 25.8 Å². The molecule has 0 atom stereocenters. The van der Waals surface area contributed by atoms with Gasteiger partial charge >= 0.3 is 0 Å². The van der Waals surface area contributed by atoms with E-state index < -0.39 is 0 Å². The van der Waals surface area contributed by atoms with Gasteiger partial charge in [0.1, 0.15) is 10.8 Å². The van der Waals surface area contributed by atoms with Crippen LogP contribution in [0.25, 0.3) is 11.3 Å². The average Bonchev–Trinajstić information content (AvgIpc) is 2.69. The quantitative estimate of drug-likeness (QED) is 0.609. The highest BCUT2D eigenvalue weighted by molar-refractivity contribution is 7.99. The average molecular weight is 394 g/mol. The largest absolute Gasteiger partial charge is 0.495 e. The van der Waals surface area contributed by atoms with Crippen LogP contribution in [0.2, 0.25) is 0 Å². The lowest BCUT2D eigenvalue weighted by Crippen LogP contribution is -2.15. The summed E-state index contributed by atoms with van der Waals surface area (Å²) in [5, 5.41) is 12.1. The van der Waals surface area contributed by atoms with Gasteiger partial charge in [0.25, 0.3) is 0 Å². The van der Waals surface area contributed by atoms with Crippen LogP contribution in [-0.4, -0.2) is 29.0 Å². The summed E-state index contributed by atoms with van der Waals surface area (Å²) >= 11 is 1.35. The maximum atomic E-state index is 12.3. The molecule has 2 aromatic carbocycles. The zero-order valence-electron chi connectivity index (χ0n) is 16.4. The normalized spacial score (nSPS) is 10.6. The number of anilines is 1. The SMILES string of the molecule is COc1ccc(C)cc1NC(=O)CSc1ccc(-c2ccc(C)c(C)c2)nn1. The molecule has 1 aromatic heterocycles. The van der Waals surface area contributed by atoms with E-state index in [1.165, 1.54) is 22.9 Å². The van der Waals surface area contributed by atoms with E-state index in [9.17, 15) is 4.79 Å². The smallest absolute Gasteiger partial charge is 0.234 e. The van der Waals surface area contributed by atoms with Crippen LogP contribution in [0.3, 0.4) is 0 Å². The Kier molecular flexibility index (Phi) is 6.31. The summed E-state index contributed by atoms with van der Waals surface area (Å²) in [6, 6.07) is 15.7. The number of aromatic nitrogens is 2. The number of ether oxygens (including phenoxy) is 1. The van der Waals surface area contributed by atoms with Gasteiger partial charge in [-0.2, -0.15) is 0 Å². The predicted molar refractivity (Wildman–Crippen MR) is 114 cm³/mol. The second kappa shape index (κ2) is 8.89. The van der Waals surface area contributed by atoms with Crippen molar-refractivity contribution in [3.63, 3.8) is 0 Å². The van der Waals surface area contributed by atoms with Crippen molar-refractivity contribution in [2.24, 2.45) is 0 Å². The van der Waals surface area contributed by atoms with Crippen molar-refractivity contribution in [1.82, 2.24) is 10.2 Å². The Labute approximate surface area is 169 Å². The van der Waals surface area contributed by atoms with Crippen molar-refractivity contribution < 1.29 is 9.53 Å². The maximum Gasteiger partial charge on any atom is 0.234 e. The summed E-state index contributed by atoms with van der Waals surface area (Å²) in [5.41, 5.74) is 6.06. The zero-order chi connectivity index (χ0) is 20.1. The van der Waals surface area contributed by atoms with E-state index in [4.69, 9.17) is 4.74 Å². The van der Waals surface area contributed by atoms with E-state index in [2.05, 4.69) is 41.5 Å². The van der Waals surface area contributed by atoms with Gasteiger partial charge < -0.3 is 10.1 Å². The molecular weight excluding hydrogens is 370 g/mol. The number of methoxy groups -OCH3 is 1. The molecule has 28 heavy (non-hydrogen) atoms. The Morgan fingerprint density at radius 2 is 1.82 bits per heavy atom. The molecule has 0 spiro atoms. The number of aryl methyl sites for hydroxylation is 3. The lowest BCUT2D eigenvalue weighted by molar-refractivity contribution is -0.113. The summed E-state index contributed by atoms with van der Waals surface area (Å²) in [4.78, 5) is 12.3. The second-order valence-electron chi connectivity index (χ2n) is 6.60. The van der Waals surface area contributed by atoms with Crippen LogP contribution in [-0.2, 0) is 4.79 Å². The molecule has 6 heteroatoms. The van der Waals surface area contributed by atoms with Crippen LogP contribution in [0.4, 0.5) is 5.69 Å². The zero-order valence-corrected chi connectivity index (χ0v) is 17.3. The molecule has 3 rings (SSSR count). The first kappa shape index (κ1) is 19.9. The van der Waals surface area contributed by atoms with Crippen molar-refractivity contribution in [1.29, 1.82) is 0 Å². The molecule has 144 valence electrons. The third-order valence-electron chi connectivity index (χ3n) is 4.42. The Morgan fingerprint density at radius 1 is 1.00 bits per heavy atom. The number of thioether (sulfide) groups is 1. The Bertz CT molecular complexity index is 988. The van der Waals surface area contributed by atoms with Gasteiger partial charge in [-0.1, -0.05) is 30.0 Å². The van der Waals surface area contributed by atoms with Gasteiger partial charge in [0.05, 0.1) is 24.2 Å². The van der Waals surface area contributed by atoms with Crippen LogP contribution < -0.4 is 10.1 Å². The molecule has 0 saturated carbocycles. The van der Waals surface area contributed by atoms with Gasteiger partial charge in [-0.05, 0) is 67.8 Å². The lowest BCUT2D eigenvalue weighted by atomic mass is 10.0. The van der Waals surface area contributed by atoms with E-state index in [1.807, 2.05) is 43.3 Å². The molecule has 1 heterocycles. The van der Waals surface area contributed by atoms with Gasteiger partial charge in [-0.15, -0.1) is 10.2 Å². The minimum absolute atomic E-state index is 0.117. The monoisotopic (exact) mass is 393 g/mol. The first-order valence-electron chi connectivity index (χ1n) is 8.95. The van der Waals surface area contributed by atoms with E-state index >= 15 is 0 Å². The number of nitrogens with one attached hydrogen (secondary N) is 1. The molecule has 5 nitrogen and oxygen atoms in total. The van der Waals surface area contributed by atoms with Crippen LogP contribution in [0, 0.1) is 20.8 Å². The van der Waals surface area contributed by atoms with Gasteiger partial charge in [0.2, 0.25) is 5.91 Å². The summed E-state index contributed by atoms with van der Waals surface area (Å²) in [5.74, 6) is 0.768. The highest BCUT2D eigenvalue weighted by atomic mass is 32.2. The molecule has 0 aliphatic carbocycles. The topological polar surface area (TPSA) is 64.1 Å². The summed E-state index contributed by atoms with van der Waals surface area (Å²) in [7, 11) is 1.59. The van der Waals surface area contributed by atoms with Crippen LogP contribution in [0.5, 0.6) is 5.75 Å². The minimum Gasteiger partial charge on any atom is -0.495 e. The Hall–Kier alpha value is -2.86. The fourth-order valence-corrected chi connectivity index (χ4v) is 3.31. The van der Waals surface area contributed by atoms with Crippen LogP contribution in [0.1, 0.15) is 16.7 Å². The molecule has 0 radical (unpaired) electrons. The van der Waals surface area contributed by atoms with Crippen LogP contribution >= 0.6 is 11.8 Å². The van der Waals surface area contributed by atoms with E-state index in [1.54, 1.807) is 7.11 Å².